The van der Waals surface area contributed by atoms with Crippen LogP contribution < -0.4 is 4.74 Å². The number of aliphatic hydroxyl groups excluding tert-OH is 1. The highest BCUT2D eigenvalue weighted by Crippen LogP contribution is 2.40. The lowest BCUT2D eigenvalue weighted by Gasteiger charge is -2.26. The number of carbonyl (C=O) groups is 2. The number of nitrogens with zero attached hydrogens (tertiary/aromatic N) is 2. The molecule has 0 radical (unpaired) electrons. The summed E-state index contributed by atoms with van der Waals surface area (Å²) in [6, 6.07) is 22.0. The van der Waals surface area contributed by atoms with Crippen LogP contribution >= 0.6 is 15.9 Å². The van der Waals surface area contributed by atoms with E-state index in [1.807, 2.05) is 86.6 Å². The molecule has 1 heterocycles. The Hall–Kier alpha value is -3.42. The highest BCUT2D eigenvalue weighted by atomic mass is 79.9. The zero-order valence-corrected chi connectivity index (χ0v) is 22.2. The predicted molar refractivity (Wildman–Crippen MR) is 144 cm³/mol. The van der Waals surface area contributed by atoms with Crippen LogP contribution in [0.5, 0.6) is 5.75 Å². The number of ketones is 1. The molecule has 1 atom stereocenters. The highest BCUT2D eigenvalue weighted by Gasteiger charge is 2.46. The van der Waals surface area contributed by atoms with Crippen molar-refractivity contribution < 1.29 is 19.4 Å². The Morgan fingerprint density at radius 1 is 1.03 bits per heavy atom. The summed E-state index contributed by atoms with van der Waals surface area (Å²) in [6.45, 7) is 3.22. The van der Waals surface area contributed by atoms with E-state index >= 15 is 0 Å². The van der Waals surface area contributed by atoms with Crippen molar-refractivity contribution in [3.8, 4) is 5.75 Å². The molecule has 0 aromatic heterocycles. The van der Waals surface area contributed by atoms with Gasteiger partial charge in [0.25, 0.3) is 11.7 Å². The minimum absolute atomic E-state index is 0.0992. The first-order valence-electron chi connectivity index (χ1n) is 11.7. The molecule has 1 aliphatic rings. The van der Waals surface area contributed by atoms with E-state index in [0.29, 0.717) is 31.0 Å². The minimum atomic E-state index is -0.678. The Bertz CT molecular complexity index is 1290. The van der Waals surface area contributed by atoms with Crippen molar-refractivity contribution in [3.63, 3.8) is 0 Å². The van der Waals surface area contributed by atoms with E-state index in [4.69, 9.17) is 4.74 Å². The molecule has 0 aliphatic carbocycles. The van der Waals surface area contributed by atoms with E-state index in [9.17, 15) is 14.7 Å². The van der Waals surface area contributed by atoms with Crippen LogP contribution in [-0.4, -0.2) is 53.8 Å². The van der Waals surface area contributed by atoms with Gasteiger partial charge in [-0.15, -0.1) is 0 Å². The molecular formula is C29H29BrN2O4. The number of carbonyl (C=O) groups excluding carboxylic acids is 2. The topological polar surface area (TPSA) is 70.1 Å². The number of benzene rings is 3. The number of amides is 1. The summed E-state index contributed by atoms with van der Waals surface area (Å²) in [6.07, 6.45) is 0. The first-order chi connectivity index (χ1) is 17.3. The fourth-order valence-corrected chi connectivity index (χ4v) is 4.55. The lowest BCUT2D eigenvalue weighted by molar-refractivity contribution is -0.140. The van der Waals surface area contributed by atoms with Crippen molar-refractivity contribution in [2.45, 2.75) is 19.6 Å². The summed E-state index contributed by atoms with van der Waals surface area (Å²) in [4.78, 5) is 29.8. The quantitative estimate of drug-likeness (QED) is 0.234. The molecule has 3 aromatic carbocycles. The Labute approximate surface area is 219 Å². The number of likely N-dealkylation sites (tertiary alicyclic amines) is 1. The van der Waals surface area contributed by atoms with Crippen molar-refractivity contribution in [1.82, 2.24) is 9.80 Å². The molecule has 1 N–H and O–H groups in total. The molecule has 0 bridgehead atoms. The van der Waals surface area contributed by atoms with Gasteiger partial charge in [0.05, 0.1) is 11.6 Å². The number of ether oxygens (including phenoxy) is 1. The fraction of sp³-hybridized carbons (Fsp3) is 0.241. The number of hydrogen-bond donors (Lipinski definition) is 1. The summed E-state index contributed by atoms with van der Waals surface area (Å²) in [7, 11) is 3.83. The van der Waals surface area contributed by atoms with Crippen LogP contribution in [0, 0.1) is 6.92 Å². The Morgan fingerprint density at radius 3 is 2.36 bits per heavy atom. The third-order valence-electron chi connectivity index (χ3n) is 6.22. The van der Waals surface area contributed by atoms with Gasteiger partial charge in [0.2, 0.25) is 0 Å². The van der Waals surface area contributed by atoms with Crippen molar-refractivity contribution in [1.29, 1.82) is 0 Å². The van der Waals surface area contributed by atoms with Crippen molar-refractivity contribution >= 4 is 33.4 Å². The average Bonchev–Trinajstić information content (AvgIpc) is 3.12. The number of Topliss-reactive ketones (excluding diaryl/α,β-unsaturated/α-hetero) is 1. The second kappa shape index (κ2) is 11.1. The monoisotopic (exact) mass is 548 g/mol. The normalized spacial score (nSPS) is 17.1. The maximum Gasteiger partial charge on any atom is 0.295 e. The third-order valence-corrected chi connectivity index (χ3v) is 6.74. The molecule has 1 fully saturated rings. The molecule has 1 amide bonds. The maximum atomic E-state index is 13.2. The molecule has 0 spiro atoms. The third kappa shape index (κ3) is 5.53. The lowest BCUT2D eigenvalue weighted by atomic mass is 9.94. The molecule has 186 valence electrons. The van der Waals surface area contributed by atoms with Gasteiger partial charge in [-0.3, -0.25) is 9.59 Å². The van der Waals surface area contributed by atoms with E-state index in [0.717, 1.165) is 21.2 Å². The molecule has 0 saturated carbocycles. The molecule has 0 unspecified atom stereocenters. The number of likely N-dealkylation sites (N-methyl/N-ethyl adjacent to an activating group) is 1. The maximum absolute atomic E-state index is 13.2. The number of halogens is 1. The van der Waals surface area contributed by atoms with E-state index in [1.54, 1.807) is 17.0 Å². The number of rotatable bonds is 8. The number of aliphatic hydroxyl groups is 1. The van der Waals surface area contributed by atoms with Gasteiger partial charge < -0.3 is 19.6 Å². The Morgan fingerprint density at radius 2 is 1.72 bits per heavy atom. The van der Waals surface area contributed by atoms with Crippen molar-refractivity contribution in [2.75, 3.05) is 27.2 Å². The SMILES string of the molecule is Cc1cc(OCc2ccccc2)ccc1C(O)=C1C(=O)C(=O)N(CCN(C)C)[C@@H]1c1ccc(Br)cc1. The van der Waals surface area contributed by atoms with Crippen LogP contribution in [0.4, 0.5) is 0 Å². The van der Waals surface area contributed by atoms with Gasteiger partial charge in [-0.25, -0.2) is 0 Å². The van der Waals surface area contributed by atoms with Crippen LogP contribution in [0.1, 0.15) is 28.3 Å². The summed E-state index contributed by atoms with van der Waals surface area (Å²) in [5.41, 5.74) is 3.15. The molecular weight excluding hydrogens is 520 g/mol. The Kier molecular flexibility index (Phi) is 7.91. The predicted octanol–water partition coefficient (Wildman–Crippen LogP) is 5.32. The molecule has 7 heteroatoms. The van der Waals surface area contributed by atoms with Crippen LogP contribution in [0.2, 0.25) is 0 Å². The summed E-state index contributed by atoms with van der Waals surface area (Å²) < 4.78 is 6.80. The highest BCUT2D eigenvalue weighted by molar-refractivity contribution is 9.10. The largest absolute Gasteiger partial charge is 0.507 e. The molecule has 36 heavy (non-hydrogen) atoms. The lowest BCUT2D eigenvalue weighted by Crippen LogP contribution is -2.35. The zero-order chi connectivity index (χ0) is 25.8. The Balaban J connectivity index is 1.70. The van der Waals surface area contributed by atoms with Gasteiger partial charge in [0.1, 0.15) is 18.1 Å². The van der Waals surface area contributed by atoms with E-state index in [-0.39, 0.29) is 11.3 Å². The zero-order valence-electron chi connectivity index (χ0n) is 20.6. The molecule has 4 rings (SSSR count). The second-order valence-electron chi connectivity index (χ2n) is 9.10. The second-order valence-corrected chi connectivity index (χ2v) is 10.0. The van der Waals surface area contributed by atoms with Gasteiger partial charge in [0, 0.05) is 23.1 Å². The van der Waals surface area contributed by atoms with Gasteiger partial charge >= 0.3 is 0 Å². The first-order valence-corrected chi connectivity index (χ1v) is 12.5. The molecule has 1 saturated heterocycles. The van der Waals surface area contributed by atoms with Crippen molar-refractivity contribution in [3.05, 3.63) is 105 Å². The summed E-state index contributed by atoms with van der Waals surface area (Å²) >= 11 is 3.44. The average molecular weight is 549 g/mol. The fourth-order valence-electron chi connectivity index (χ4n) is 4.29. The molecule has 6 nitrogen and oxygen atoms in total. The van der Waals surface area contributed by atoms with Gasteiger partial charge in [0.15, 0.2) is 0 Å². The van der Waals surface area contributed by atoms with E-state index < -0.39 is 17.7 Å². The van der Waals surface area contributed by atoms with Crippen LogP contribution in [0.15, 0.2) is 82.8 Å². The number of aryl methyl sites for hydroxylation is 1. The van der Waals surface area contributed by atoms with Crippen molar-refractivity contribution in [2.24, 2.45) is 0 Å². The van der Waals surface area contributed by atoms with Crippen LogP contribution in [-0.2, 0) is 16.2 Å². The van der Waals surface area contributed by atoms with E-state index in [1.165, 1.54) is 0 Å². The van der Waals surface area contributed by atoms with Gasteiger partial charge in [-0.05, 0) is 68.0 Å². The smallest absolute Gasteiger partial charge is 0.295 e. The van der Waals surface area contributed by atoms with Crippen LogP contribution in [0.25, 0.3) is 5.76 Å². The molecule has 1 aliphatic heterocycles. The molecule has 3 aromatic rings. The standard InChI is InChI=1S/C29H29BrN2O4/c1-19-17-23(36-18-20-7-5-4-6-8-20)13-14-24(19)27(33)25-26(21-9-11-22(30)12-10-21)32(16-15-31(2)3)29(35)28(25)34/h4-14,17,26,33H,15-16,18H2,1-3H3/t26-/m1/s1. The van der Waals surface area contributed by atoms with E-state index in [2.05, 4.69) is 15.9 Å². The van der Waals surface area contributed by atoms with Gasteiger partial charge in [-0.2, -0.15) is 0 Å². The summed E-state index contributed by atoms with van der Waals surface area (Å²) in [5.74, 6) is -0.806. The first kappa shape index (κ1) is 25.7. The van der Waals surface area contributed by atoms with Gasteiger partial charge in [-0.1, -0.05) is 58.4 Å². The number of hydrogen-bond acceptors (Lipinski definition) is 5. The summed E-state index contributed by atoms with van der Waals surface area (Å²) in [5, 5.41) is 11.4. The minimum Gasteiger partial charge on any atom is -0.507 e. The van der Waals surface area contributed by atoms with Crippen LogP contribution in [0.3, 0.4) is 0 Å².